The topological polar surface area (TPSA) is 12.5 Å². The van der Waals surface area contributed by atoms with Crippen molar-refractivity contribution in [2.45, 2.75) is 79.1 Å². The summed E-state index contributed by atoms with van der Waals surface area (Å²) in [5.41, 5.74) is 2.29. The minimum atomic E-state index is -2.78. The fourth-order valence-electron chi connectivity index (χ4n) is 3.54. The van der Waals surface area contributed by atoms with Crippen molar-refractivity contribution in [2.75, 3.05) is 13.1 Å². The van der Waals surface area contributed by atoms with E-state index >= 15 is 0 Å². The van der Waals surface area contributed by atoms with Crippen LogP contribution in [-0.2, 0) is 17.1 Å². The Morgan fingerprint density at radius 1 is 1.21 bits per heavy atom. The zero-order valence-electron chi connectivity index (χ0n) is 16.2. The highest BCUT2D eigenvalue weighted by Gasteiger charge is 2.42. The number of hydrogen-bond acceptors (Lipinski definition) is 2. The Hall–Kier alpha value is -1.00. The summed E-state index contributed by atoms with van der Waals surface area (Å²) in [4.78, 5) is 2.40. The summed E-state index contributed by atoms with van der Waals surface area (Å²) in [5.74, 6) is -2.78. The Labute approximate surface area is 146 Å². The van der Waals surface area contributed by atoms with E-state index < -0.39 is 5.92 Å². The zero-order valence-corrected chi connectivity index (χ0v) is 16.2. The molecule has 0 aromatic heterocycles. The quantitative estimate of drug-likeness (QED) is 0.698. The molecule has 138 valence electrons. The number of benzene rings is 1. The van der Waals surface area contributed by atoms with Gasteiger partial charge in [0.2, 0.25) is 0 Å². The van der Waals surface area contributed by atoms with Crippen molar-refractivity contribution in [1.82, 2.24) is 4.90 Å². The van der Waals surface area contributed by atoms with Gasteiger partial charge in [-0.25, -0.2) is 8.78 Å². The molecule has 0 N–H and O–H groups in total. The van der Waals surface area contributed by atoms with Gasteiger partial charge in [0, 0.05) is 25.5 Å². The van der Waals surface area contributed by atoms with Gasteiger partial charge in [0.1, 0.15) is 0 Å². The van der Waals surface area contributed by atoms with Crippen LogP contribution in [0.4, 0.5) is 8.78 Å². The third kappa shape index (κ3) is 4.34. The third-order valence-electron chi connectivity index (χ3n) is 4.44. The molecule has 3 atom stereocenters. The monoisotopic (exact) mass is 341 g/mol. The summed E-state index contributed by atoms with van der Waals surface area (Å²) in [7, 11) is 0. The summed E-state index contributed by atoms with van der Waals surface area (Å²) >= 11 is 0. The van der Waals surface area contributed by atoms with E-state index in [0.717, 1.165) is 37.6 Å². The number of alkyl halides is 2. The average Bonchev–Trinajstić information content (AvgIpc) is 2.94. The van der Waals surface area contributed by atoms with E-state index in [2.05, 4.69) is 18.7 Å². The minimum absolute atomic E-state index is 0.103. The number of morpholine rings is 1. The number of rotatable bonds is 2. The van der Waals surface area contributed by atoms with Gasteiger partial charge in [-0.2, -0.15) is 0 Å². The molecule has 2 aliphatic rings. The number of nitrogens with zero attached hydrogens (tertiary/aromatic N) is 1. The van der Waals surface area contributed by atoms with Crippen LogP contribution in [0, 0.1) is 0 Å². The molecule has 1 fully saturated rings. The van der Waals surface area contributed by atoms with Crippen LogP contribution in [0.1, 0.15) is 71.2 Å². The van der Waals surface area contributed by atoms with E-state index in [1.54, 1.807) is 12.1 Å². The largest absolute Gasteiger partial charge is 0.372 e. The van der Waals surface area contributed by atoms with Gasteiger partial charge in [0.15, 0.2) is 0 Å². The Morgan fingerprint density at radius 2 is 1.83 bits per heavy atom. The van der Waals surface area contributed by atoms with Crippen molar-refractivity contribution in [3.05, 3.63) is 34.9 Å². The summed E-state index contributed by atoms with van der Waals surface area (Å²) in [6.45, 7) is 15.0. The van der Waals surface area contributed by atoms with E-state index in [0.29, 0.717) is 0 Å². The van der Waals surface area contributed by atoms with Crippen LogP contribution >= 0.6 is 0 Å². The van der Waals surface area contributed by atoms with Crippen LogP contribution in [0.3, 0.4) is 0 Å². The second kappa shape index (κ2) is 8.91. The van der Waals surface area contributed by atoms with Crippen molar-refractivity contribution < 1.29 is 13.5 Å². The maximum atomic E-state index is 13.5. The van der Waals surface area contributed by atoms with Crippen LogP contribution in [0.2, 0.25) is 0 Å². The Morgan fingerprint density at radius 3 is 2.38 bits per heavy atom. The molecule has 1 saturated heterocycles. The number of fused-ring (bicyclic) bond motifs is 3. The van der Waals surface area contributed by atoms with Crippen molar-refractivity contribution in [1.29, 1.82) is 0 Å². The predicted octanol–water partition coefficient (Wildman–Crippen LogP) is 5.56. The smallest absolute Gasteiger partial charge is 0.270 e. The van der Waals surface area contributed by atoms with Crippen molar-refractivity contribution in [2.24, 2.45) is 0 Å². The molecule has 2 nitrogen and oxygen atoms in total. The highest BCUT2D eigenvalue weighted by molar-refractivity contribution is 5.41. The van der Waals surface area contributed by atoms with Crippen LogP contribution in [0.5, 0.6) is 0 Å². The van der Waals surface area contributed by atoms with E-state index in [1.165, 1.54) is 0 Å². The lowest BCUT2D eigenvalue weighted by Gasteiger charge is -2.40. The SMILES string of the molecule is CC.CC.CCN1CC(C)O[C@@H]2Cc3cc(C(C)(F)F)ccc3[C@@H]21. The van der Waals surface area contributed by atoms with Gasteiger partial charge in [0.05, 0.1) is 18.2 Å². The average molecular weight is 341 g/mol. The lowest BCUT2D eigenvalue weighted by Crippen LogP contribution is -2.47. The molecular formula is C20H33F2NO. The van der Waals surface area contributed by atoms with Gasteiger partial charge in [0.25, 0.3) is 5.92 Å². The Bertz CT molecular complexity index is 513. The molecule has 1 unspecified atom stereocenters. The van der Waals surface area contributed by atoms with Crippen LogP contribution in [-0.4, -0.2) is 30.2 Å². The van der Waals surface area contributed by atoms with E-state index in [9.17, 15) is 8.78 Å². The van der Waals surface area contributed by atoms with Crippen LogP contribution in [0.15, 0.2) is 18.2 Å². The highest BCUT2D eigenvalue weighted by Crippen LogP contribution is 2.42. The molecular weight excluding hydrogens is 308 g/mol. The van der Waals surface area contributed by atoms with Crippen molar-refractivity contribution in [3.63, 3.8) is 0 Å². The van der Waals surface area contributed by atoms with E-state index in [1.807, 2.05) is 33.8 Å². The van der Waals surface area contributed by atoms with Crippen molar-refractivity contribution >= 4 is 0 Å². The highest BCUT2D eigenvalue weighted by atomic mass is 19.3. The molecule has 3 rings (SSSR count). The molecule has 4 heteroatoms. The van der Waals surface area contributed by atoms with Gasteiger partial charge < -0.3 is 4.74 Å². The molecule has 1 aromatic carbocycles. The lowest BCUT2D eigenvalue weighted by atomic mass is 10.0. The van der Waals surface area contributed by atoms with Gasteiger partial charge in [-0.3, -0.25) is 4.90 Å². The van der Waals surface area contributed by atoms with Crippen molar-refractivity contribution in [3.8, 4) is 0 Å². The summed E-state index contributed by atoms with van der Waals surface area (Å²) in [6.07, 6.45) is 1.05. The second-order valence-electron chi connectivity index (χ2n) is 6.02. The molecule has 1 aromatic rings. The van der Waals surface area contributed by atoms with Gasteiger partial charge in [-0.15, -0.1) is 0 Å². The number of ether oxygens (including phenoxy) is 1. The van der Waals surface area contributed by atoms with E-state index in [4.69, 9.17) is 4.74 Å². The first-order chi connectivity index (χ1) is 11.4. The molecule has 0 bridgehead atoms. The summed E-state index contributed by atoms with van der Waals surface area (Å²) < 4.78 is 32.9. The molecule has 0 saturated carbocycles. The molecule has 1 aliphatic heterocycles. The number of hydrogen-bond donors (Lipinski definition) is 0. The predicted molar refractivity (Wildman–Crippen MR) is 96.7 cm³/mol. The molecule has 0 amide bonds. The van der Waals surface area contributed by atoms with Gasteiger partial charge in [-0.05, 0) is 30.7 Å². The molecule has 24 heavy (non-hydrogen) atoms. The lowest BCUT2D eigenvalue weighted by molar-refractivity contribution is -0.105. The zero-order chi connectivity index (χ0) is 18.5. The fraction of sp³-hybridized carbons (Fsp3) is 0.700. The summed E-state index contributed by atoms with van der Waals surface area (Å²) in [5, 5.41) is 0. The first-order valence-corrected chi connectivity index (χ1v) is 9.30. The summed E-state index contributed by atoms with van der Waals surface area (Å²) in [6, 6.07) is 5.32. The normalized spacial score (nSPS) is 25.6. The van der Waals surface area contributed by atoms with E-state index in [-0.39, 0.29) is 23.8 Å². The standard InChI is InChI=1S/C16H21F2NO.2C2H6/c1-4-19-9-10(2)20-14-8-11-7-12(16(3,17)18)5-6-13(11)15(14)19;2*1-2/h5-7,10,14-15H,4,8-9H2,1-3H3;2*1-2H3/t10?,14-,15+;;/m1../s1. The van der Waals surface area contributed by atoms with Gasteiger partial charge in [-0.1, -0.05) is 46.8 Å². The maximum Gasteiger partial charge on any atom is 0.270 e. The van der Waals surface area contributed by atoms with Gasteiger partial charge >= 0.3 is 0 Å². The number of halogens is 2. The molecule has 1 heterocycles. The first-order valence-electron chi connectivity index (χ1n) is 9.30. The number of likely N-dealkylation sites (N-methyl/N-ethyl adjacent to an activating group) is 1. The fourth-order valence-corrected chi connectivity index (χ4v) is 3.54. The molecule has 1 aliphatic carbocycles. The van der Waals surface area contributed by atoms with Crippen LogP contribution in [0.25, 0.3) is 0 Å². The second-order valence-corrected chi connectivity index (χ2v) is 6.02. The third-order valence-corrected chi connectivity index (χ3v) is 4.44. The Balaban J connectivity index is 0.000000671. The Kier molecular flexibility index (Phi) is 7.81. The van der Waals surface area contributed by atoms with Crippen LogP contribution < -0.4 is 0 Å². The first kappa shape index (κ1) is 21.0. The molecule has 0 spiro atoms. The molecule has 0 radical (unpaired) electrons. The maximum absolute atomic E-state index is 13.5. The minimum Gasteiger partial charge on any atom is -0.372 e.